The molecule has 0 fully saturated rings. The Hall–Kier alpha value is -2.93. The van der Waals surface area contributed by atoms with Gasteiger partial charge in [-0.25, -0.2) is 4.68 Å². The average Bonchev–Trinajstić information content (AvgIpc) is 3.02. The molecule has 2 aromatic carbocycles. The Labute approximate surface area is 149 Å². The van der Waals surface area contributed by atoms with Crippen molar-refractivity contribution in [3.8, 4) is 0 Å². The van der Waals surface area contributed by atoms with Gasteiger partial charge in [-0.15, -0.1) is 5.10 Å². The fraction of sp³-hybridized carbons (Fsp3) is 0.176. The first-order valence-electron chi connectivity index (χ1n) is 7.72. The molecule has 8 heteroatoms. The Morgan fingerprint density at radius 3 is 2.52 bits per heavy atom. The molecule has 0 aliphatic heterocycles. The fourth-order valence-corrected chi connectivity index (χ4v) is 2.43. The molecule has 0 bridgehead atoms. The molecule has 0 saturated carbocycles. The SMILES string of the molecule is O=C(Cn1nnc2ccccc21)NCCNC(=O)c1ccc(Cl)cc1. The minimum absolute atomic E-state index is 0.0750. The van der Waals surface area contributed by atoms with E-state index in [0.717, 1.165) is 11.0 Å². The van der Waals surface area contributed by atoms with Crippen LogP contribution >= 0.6 is 11.6 Å². The Morgan fingerprint density at radius 2 is 1.72 bits per heavy atom. The van der Waals surface area contributed by atoms with Crippen molar-refractivity contribution >= 4 is 34.4 Å². The summed E-state index contributed by atoms with van der Waals surface area (Å²) in [6.45, 7) is 0.724. The van der Waals surface area contributed by atoms with Crippen molar-refractivity contribution in [3.05, 3.63) is 59.1 Å². The number of carbonyl (C=O) groups excluding carboxylic acids is 2. The molecule has 25 heavy (non-hydrogen) atoms. The first-order chi connectivity index (χ1) is 12.1. The van der Waals surface area contributed by atoms with Gasteiger partial charge < -0.3 is 10.6 Å². The maximum absolute atomic E-state index is 12.0. The predicted octanol–water partition coefficient (Wildman–Crippen LogP) is 1.63. The van der Waals surface area contributed by atoms with Gasteiger partial charge in [0.25, 0.3) is 5.91 Å². The molecule has 0 aliphatic rings. The average molecular weight is 358 g/mol. The second-order valence-corrected chi connectivity index (χ2v) is 5.78. The predicted molar refractivity (Wildman–Crippen MR) is 94.3 cm³/mol. The van der Waals surface area contributed by atoms with E-state index in [-0.39, 0.29) is 18.4 Å². The van der Waals surface area contributed by atoms with Gasteiger partial charge in [-0.05, 0) is 36.4 Å². The van der Waals surface area contributed by atoms with Gasteiger partial charge in [0.1, 0.15) is 12.1 Å². The van der Waals surface area contributed by atoms with Gasteiger partial charge in [-0.1, -0.05) is 28.9 Å². The van der Waals surface area contributed by atoms with Crippen LogP contribution in [0.25, 0.3) is 11.0 Å². The molecular weight excluding hydrogens is 342 g/mol. The molecule has 128 valence electrons. The van der Waals surface area contributed by atoms with E-state index >= 15 is 0 Å². The van der Waals surface area contributed by atoms with E-state index in [2.05, 4.69) is 20.9 Å². The highest BCUT2D eigenvalue weighted by molar-refractivity contribution is 6.30. The monoisotopic (exact) mass is 357 g/mol. The van der Waals surface area contributed by atoms with E-state index in [9.17, 15) is 9.59 Å². The van der Waals surface area contributed by atoms with E-state index in [4.69, 9.17) is 11.6 Å². The zero-order valence-corrected chi connectivity index (χ0v) is 14.0. The zero-order valence-electron chi connectivity index (χ0n) is 13.3. The van der Waals surface area contributed by atoms with Crippen LogP contribution in [0, 0.1) is 0 Å². The molecule has 0 aliphatic carbocycles. The Kier molecular flexibility index (Phi) is 5.25. The number of carbonyl (C=O) groups is 2. The lowest BCUT2D eigenvalue weighted by molar-refractivity contribution is -0.121. The number of para-hydroxylation sites is 1. The zero-order chi connectivity index (χ0) is 17.6. The van der Waals surface area contributed by atoms with Crippen molar-refractivity contribution in [1.29, 1.82) is 0 Å². The van der Waals surface area contributed by atoms with Gasteiger partial charge >= 0.3 is 0 Å². The van der Waals surface area contributed by atoms with Crippen LogP contribution in [-0.2, 0) is 11.3 Å². The van der Waals surface area contributed by atoms with Crippen LogP contribution in [0.15, 0.2) is 48.5 Å². The molecule has 0 radical (unpaired) electrons. The van der Waals surface area contributed by atoms with E-state index < -0.39 is 0 Å². The van der Waals surface area contributed by atoms with Crippen molar-refractivity contribution in [2.75, 3.05) is 13.1 Å². The highest BCUT2D eigenvalue weighted by Crippen LogP contribution is 2.10. The van der Waals surface area contributed by atoms with Crippen LogP contribution in [0.1, 0.15) is 10.4 Å². The highest BCUT2D eigenvalue weighted by Gasteiger charge is 2.08. The van der Waals surface area contributed by atoms with Crippen LogP contribution in [0.4, 0.5) is 0 Å². The summed E-state index contributed by atoms with van der Waals surface area (Å²) in [6, 6.07) is 14.0. The third kappa shape index (κ3) is 4.33. The van der Waals surface area contributed by atoms with Crippen molar-refractivity contribution in [1.82, 2.24) is 25.6 Å². The fourth-order valence-electron chi connectivity index (χ4n) is 2.31. The Morgan fingerprint density at radius 1 is 1.00 bits per heavy atom. The van der Waals surface area contributed by atoms with Gasteiger partial charge in [0, 0.05) is 23.7 Å². The summed E-state index contributed by atoms with van der Waals surface area (Å²) >= 11 is 5.78. The second-order valence-electron chi connectivity index (χ2n) is 5.35. The molecule has 0 unspecified atom stereocenters. The molecule has 0 saturated heterocycles. The molecule has 2 amide bonds. The third-order valence-electron chi connectivity index (χ3n) is 3.55. The first-order valence-corrected chi connectivity index (χ1v) is 8.10. The third-order valence-corrected chi connectivity index (χ3v) is 3.80. The smallest absolute Gasteiger partial charge is 0.251 e. The van der Waals surface area contributed by atoms with Crippen molar-refractivity contribution in [3.63, 3.8) is 0 Å². The van der Waals surface area contributed by atoms with Crippen LogP contribution in [0.5, 0.6) is 0 Å². The van der Waals surface area contributed by atoms with Gasteiger partial charge in [-0.2, -0.15) is 0 Å². The molecule has 0 spiro atoms. The number of nitrogens with one attached hydrogen (secondary N) is 2. The number of amides is 2. The first kappa shape index (κ1) is 16.9. The summed E-state index contributed by atoms with van der Waals surface area (Å²) in [6.07, 6.45) is 0. The van der Waals surface area contributed by atoms with Gasteiger partial charge in [0.2, 0.25) is 5.91 Å². The molecular formula is C17H16ClN5O2. The maximum atomic E-state index is 12.0. The molecule has 2 N–H and O–H groups in total. The van der Waals surface area contributed by atoms with Gasteiger partial charge in [0.05, 0.1) is 5.52 Å². The lowest BCUT2D eigenvalue weighted by Gasteiger charge is -2.07. The molecule has 3 rings (SSSR count). The van der Waals surface area contributed by atoms with Crippen LogP contribution in [-0.4, -0.2) is 39.9 Å². The highest BCUT2D eigenvalue weighted by atomic mass is 35.5. The molecule has 1 aromatic heterocycles. The van der Waals surface area contributed by atoms with Crippen molar-refractivity contribution in [2.24, 2.45) is 0 Å². The van der Waals surface area contributed by atoms with Gasteiger partial charge in [-0.3, -0.25) is 9.59 Å². The summed E-state index contributed by atoms with van der Waals surface area (Å²) in [5, 5.41) is 14.0. The van der Waals surface area contributed by atoms with Crippen LogP contribution in [0.3, 0.4) is 0 Å². The summed E-state index contributed by atoms with van der Waals surface area (Å²) in [5.74, 6) is -0.412. The number of fused-ring (bicyclic) bond motifs is 1. The summed E-state index contributed by atoms with van der Waals surface area (Å²) in [4.78, 5) is 23.9. The number of hydrogen-bond donors (Lipinski definition) is 2. The number of benzene rings is 2. The Balaban J connectivity index is 1.43. The van der Waals surface area contributed by atoms with E-state index in [1.54, 1.807) is 24.3 Å². The lowest BCUT2D eigenvalue weighted by atomic mass is 10.2. The topological polar surface area (TPSA) is 88.9 Å². The molecule has 7 nitrogen and oxygen atoms in total. The summed E-state index contributed by atoms with van der Waals surface area (Å²) < 4.78 is 1.54. The summed E-state index contributed by atoms with van der Waals surface area (Å²) in [7, 11) is 0. The maximum Gasteiger partial charge on any atom is 0.251 e. The lowest BCUT2D eigenvalue weighted by Crippen LogP contribution is -2.36. The van der Waals surface area contributed by atoms with E-state index in [1.165, 1.54) is 4.68 Å². The minimum atomic E-state index is -0.215. The number of halogens is 1. The molecule has 0 atom stereocenters. The van der Waals surface area contributed by atoms with Gasteiger partial charge in [0.15, 0.2) is 0 Å². The summed E-state index contributed by atoms with van der Waals surface area (Å²) in [5.41, 5.74) is 2.06. The van der Waals surface area contributed by atoms with E-state index in [0.29, 0.717) is 23.7 Å². The number of nitrogens with zero attached hydrogens (tertiary/aromatic N) is 3. The van der Waals surface area contributed by atoms with Crippen molar-refractivity contribution in [2.45, 2.75) is 6.54 Å². The largest absolute Gasteiger partial charge is 0.353 e. The second kappa shape index (κ2) is 7.76. The minimum Gasteiger partial charge on any atom is -0.353 e. The Bertz CT molecular complexity index is 891. The molecule has 3 aromatic rings. The van der Waals surface area contributed by atoms with E-state index in [1.807, 2.05) is 24.3 Å². The number of hydrogen-bond acceptors (Lipinski definition) is 4. The number of aromatic nitrogens is 3. The van der Waals surface area contributed by atoms with Crippen LogP contribution < -0.4 is 10.6 Å². The number of rotatable bonds is 6. The standard InChI is InChI=1S/C17H16ClN5O2/c18-13-7-5-12(6-8-13)17(25)20-10-9-19-16(24)11-23-15-4-2-1-3-14(15)21-22-23/h1-8H,9-11H2,(H,19,24)(H,20,25). The van der Waals surface area contributed by atoms with Crippen molar-refractivity contribution < 1.29 is 9.59 Å². The normalized spacial score (nSPS) is 10.6. The van der Waals surface area contributed by atoms with Crippen LogP contribution in [0.2, 0.25) is 5.02 Å². The molecule has 1 heterocycles. The quantitative estimate of drug-likeness (QED) is 0.656.